The summed E-state index contributed by atoms with van der Waals surface area (Å²) >= 11 is 0. The molecule has 0 saturated carbocycles. The molecule has 0 aromatic heterocycles. The first-order valence-electron chi connectivity index (χ1n) is 14.1. The third-order valence-electron chi connectivity index (χ3n) is 7.05. The number of aryl methyl sites for hydroxylation is 1. The first-order chi connectivity index (χ1) is 20.6. The lowest BCUT2D eigenvalue weighted by Gasteiger charge is -2.33. The standard InChI is InChI=1S/C30H39N7O6/c31-29(32)34-19-9-14-24-30(42,43)28(41)33-18-8-3-1-2-7-15-25(38)35-22(17-16-21-11-5-4-6-12-21)27(40)37-20-10-13-23(37)26(39)36-24/h1-8,11-12,15,18,22-24,42-43H,9-10,13-14,16-17,19-20H2,(H,35,38)(H,36,39)(H4,31,32,34)/b2-1+,8-3+,15-7+,33-18?/t22-,23+,24+/m1/s1. The van der Waals surface area contributed by atoms with Gasteiger partial charge in [-0.1, -0.05) is 54.6 Å². The highest BCUT2D eigenvalue weighted by Gasteiger charge is 2.45. The number of allylic oxidation sites excluding steroid dienone is 5. The molecule has 0 aliphatic carbocycles. The summed E-state index contributed by atoms with van der Waals surface area (Å²) in [6.07, 6.45) is 11.6. The van der Waals surface area contributed by atoms with E-state index in [0.29, 0.717) is 25.7 Å². The van der Waals surface area contributed by atoms with Gasteiger partial charge in [-0.2, -0.15) is 0 Å². The Bertz CT molecular complexity index is 1280. The number of nitrogens with zero attached hydrogens (tertiary/aromatic N) is 3. The first-order valence-corrected chi connectivity index (χ1v) is 14.1. The van der Waals surface area contributed by atoms with Crippen LogP contribution in [0.15, 0.2) is 76.8 Å². The van der Waals surface area contributed by atoms with Crippen molar-refractivity contribution in [3.63, 3.8) is 0 Å². The molecule has 2 aliphatic heterocycles. The van der Waals surface area contributed by atoms with E-state index in [1.165, 1.54) is 29.2 Å². The van der Waals surface area contributed by atoms with E-state index in [9.17, 15) is 29.4 Å². The fourth-order valence-corrected chi connectivity index (χ4v) is 4.82. The summed E-state index contributed by atoms with van der Waals surface area (Å²) in [4.78, 5) is 61.5. The van der Waals surface area contributed by atoms with Gasteiger partial charge in [0.25, 0.3) is 5.79 Å². The Morgan fingerprint density at radius 2 is 1.72 bits per heavy atom. The molecular weight excluding hydrogens is 554 g/mol. The molecule has 2 aliphatic rings. The Balaban J connectivity index is 1.91. The molecule has 3 rings (SSSR count). The average Bonchev–Trinajstić information content (AvgIpc) is 3.47. The second-order valence-corrected chi connectivity index (χ2v) is 10.2. The summed E-state index contributed by atoms with van der Waals surface area (Å²) in [6, 6.07) is 6.15. The molecular formula is C30H39N7O6. The third-order valence-corrected chi connectivity index (χ3v) is 7.05. The lowest BCUT2D eigenvalue weighted by atomic mass is 9.99. The number of amides is 4. The molecule has 2 heterocycles. The van der Waals surface area contributed by atoms with Crippen molar-refractivity contribution in [3.05, 3.63) is 72.4 Å². The van der Waals surface area contributed by atoms with Crippen molar-refractivity contribution in [3.8, 4) is 0 Å². The van der Waals surface area contributed by atoms with E-state index < -0.39 is 47.5 Å². The number of aliphatic hydroxyl groups is 2. The molecule has 1 saturated heterocycles. The summed E-state index contributed by atoms with van der Waals surface area (Å²) in [6.45, 7) is 0.378. The van der Waals surface area contributed by atoms with Gasteiger partial charge in [0.2, 0.25) is 17.7 Å². The number of carbonyl (C=O) groups is 4. The van der Waals surface area contributed by atoms with E-state index in [0.717, 1.165) is 11.8 Å². The molecule has 1 fully saturated rings. The molecule has 230 valence electrons. The van der Waals surface area contributed by atoms with E-state index in [1.54, 1.807) is 12.2 Å². The van der Waals surface area contributed by atoms with Gasteiger partial charge in [0.05, 0.1) is 6.04 Å². The maximum Gasteiger partial charge on any atom is 0.307 e. The molecule has 0 bridgehead atoms. The molecule has 0 unspecified atom stereocenters. The van der Waals surface area contributed by atoms with Crippen LogP contribution >= 0.6 is 0 Å². The fraction of sp³-hybridized carbons (Fsp3) is 0.400. The van der Waals surface area contributed by atoms with Gasteiger partial charge in [-0.3, -0.25) is 24.2 Å². The number of benzene rings is 1. The van der Waals surface area contributed by atoms with Gasteiger partial charge in [-0.25, -0.2) is 4.99 Å². The van der Waals surface area contributed by atoms with Gasteiger partial charge in [-0.05, 0) is 50.2 Å². The van der Waals surface area contributed by atoms with Gasteiger partial charge in [-0.15, -0.1) is 0 Å². The van der Waals surface area contributed by atoms with E-state index >= 15 is 0 Å². The van der Waals surface area contributed by atoms with Gasteiger partial charge >= 0.3 is 5.91 Å². The molecule has 4 amide bonds. The summed E-state index contributed by atoms with van der Waals surface area (Å²) in [5, 5.41) is 27.0. The number of hydrogen-bond acceptors (Lipinski definition) is 7. The van der Waals surface area contributed by atoms with Crippen LogP contribution in [0.4, 0.5) is 0 Å². The minimum absolute atomic E-state index is 0.0859. The third kappa shape index (κ3) is 10.0. The summed E-state index contributed by atoms with van der Waals surface area (Å²) < 4.78 is 0. The van der Waals surface area contributed by atoms with Crippen LogP contribution in [0.5, 0.6) is 0 Å². The number of aliphatic imine (C=N–C) groups is 2. The van der Waals surface area contributed by atoms with Gasteiger partial charge < -0.3 is 37.2 Å². The molecule has 43 heavy (non-hydrogen) atoms. The summed E-state index contributed by atoms with van der Waals surface area (Å²) in [5.74, 6) is -6.08. The van der Waals surface area contributed by atoms with Crippen molar-refractivity contribution in [1.82, 2.24) is 15.5 Å². The van der Waals surface area contributed by atoms with Crippen LogP contribution in [-0.2, 0) is 25.6 Å². The van der Waals surface area contributed by atoms with Crippen molar-refractivity contribution in [2.75, 3.05) is 13.1 Å². The smallest absolute Gasteiger partial charge is 0.307 e. The highest BCUT2D eigenvalue weighted by atomic mass is 16.5. The topological polar surface area (TPSA) is 213 Å². The molecule has 1 aromatic rings. The number of nitrogens with two attached hydrogens (primary N) is 2. The predicted octanol–water partition coefficient (Wildman–Crippen LogP) is -0.406. The maximum atomic E-state index is 13.8. The molecule has 3 atom stereocenters. The van der Waals surface area contributed by atoms with Crippen LogP contribution in [0, 0.1) is 0 Å². The van der Waals surface area contributed by atoms with Crippen molar-refractivity contribution in [1.29, 1.82) is 0 Å². The van der Waals surface area contributed by atoms with E-state index in [4.69, 9.17) is 11.5 Å². The second kappa shape index (κ2) is 16.1. The van der Waals surface area contributed by atoms with Gasteiger partial charge in [0, 0.05) is 25.4 Å². The largest absolute Gasteiger partial charge is 0.370 e. The maximum absolute atomic E-state index is 13.8. The van der Waals surface area contributed by atoms with Crippen LogP contribution in [0.1, 0.15) is 37.7 Å². The zero-order valence-electron chi connectivity index (χ0n) is 23.8. The number of carbonyl (C=O) groups excluding carboxylic acids is 4. The molecule has 8 N–H and O–H groups in total. The van der Waals surface area contributed by atoms with Crippen LogP contribution in [0.3, 0.4) is 0 Å². The van der Waals surface area contributed by atoms with Crippen LogP contribution in [0.25, 0.3) is 0 Å². The van der Waals surface area contributed by atoms with Crippen molar-refractivity contribution < 1.29 is 29.4 Å². The van der Waals surface area contributed by atoms with Gasteiger partial charge in [0.1, 0.15) is 12.1 Å². The highest BCUT2D eigenvalue weighted by Crippen LogP contribution is 2.22. The molecule has 0 spiro atoms. The van der Waals surface area contributed by atoms with Crippen molar-refractivity contribution >= 4 is 35.8 Å². The Labute approximate surface area is 250 Å². The summed E-state index contributed by atoms with van der Waals surface area (Å²) in [5.41, 5.74) is 11.7. The van der Waals surface area contributed by atoms with Gasteiger partial charge in [0.15, 0.2) is 5.96 Å². The number of nitrogens with one attached hydrogen (secondary N) is 2. The van der Waals surface area contributed by atoms with Crippen LogP contribution in [-0.4, -0.2) is 87.9 Å². The Hall–Kier alpha value is -4.62. The zero-order chi connectivity index (χ0) is 31.2. The molecule has 1 aromatic carbocycles. The summed E-state index contributed by atoms with van der Waals surface area (Å²) in [7, 11) is 0. The number of guanidine groups is 1. The lowest BCUT2D eigenvalue weighted by Crippen LogP contribution is -2.60. The minimum atomic E-state index is -3.06. The average molecular weight is 594 g/mol. The monoisotopic (exact) mass is 593 g/mol. The quantitative estimate of drug-likeness (QED) is 0.106. The highest BCUT2D eigenvalue weighted by molar-refractivity contribution is 5.96. The number of hydrogen-bond donors (Lipinski definition) is 6. The van der Waals surface area contributed by atoms with Crippen LogP contribution in [0.2, 0.25) is 0 Å². The Kier molecular flexibility index (Phi) is 12.3. The molecule has 0 radical (unpaired) electrons. The normalized spacial score (nSPS) is 25.3. The minimum Gasteiger partial charge on any atom is -0.370 e. The number of fused-ring (bicyclic) bond motifs is 1. The lowest BCUT2D eigenvalue weighted by molar-refractivity contribution is -0.194. The fourth-order valence-electron chi connectivity index (χ4n) is 4.82. The van der Waals surface area contributed by atoms with Crippen LogP contribution < -0.4 is 22.1 Å². The number of rotatable bonds is 7. The second-order valence-electron chi connectivity index (χ2n) is 10.2. The van der Waals surface area contributed by atoms with Crippen molar-refractivity contribution in [2.45, 2.75) is 62.4 Å². The SMILES string of the molecule is NC(N)=NCCC[C@@H]1NC(=O)[C@@H]2CCCN2C(=O)[C@@H](CCc2ccccc2)NC(=O)/C=C/C=C/C=C/C=NC(=O)C1(O)O. The Morgan fingerprint density at radius 1 is 1.00 bits per heavy atom. The first kappa shape index (κ1) is 32.9. The zero-order valence-corrected chi connectivity index (χ0v) is 23.8. The predicted molar refractivity (Wildman–Crippen MR) is 161 cm³/mol. The van der Waals surface area contributed by atoms with E-state index in [2.05, 4.69) is 20.6 Å². The van der Waals surface area contributed by atoms with Crippen molar-refractivity contribution in [2.24, 2.45) is 21.5 Å². The van der Waals surface area contributed by atoms with E-state index in [-0.39, 0.29) is 31.9 Å². The molecule has 13 heteroatoms. The molecule has 13 nitrogen and oxygen atoms in total. The van der Waals surface area contributed by atoms with E-state index in [1.807, 2.05) is 30.3 Å². The Morgan fingerprint density at radius 3 is 2.47 bits per heavy atom.